The third-order valence-electron chi connectivity index (χ3n) is 8.35. The number of nitrogens with zero attached hydrogens (tertiary/aromatic N) is 1. The lowest BCUT2D eigenvalue weighted by atomic mass is 10.0. The molecule has 1 saturated heterocycles. The highest BCUT2D eigenvalue weighted by Crippen LogP contribution is 2.30. The summed E-state index contributed by atoms with van der Waals surface area (Å²) in [6, 6.07) is 6.75. The molecule has 252 valence electrons. The fraction of sp³-hybridized carbons (Fsp3) is 0.771. The number of hydrogen-bond donors (Lipinski definition) is 0. The van der Waals surface area contributed by atoms with Crippen LogP contribution < -0.4 is 0 Å². The highest BCUT2D eigenvalue weighted by molar-refractivity contribution is 8.03. The van der Waals surface area contributed by atoms with Crippen molar-refractivity contribution in [3.63, 3.8) is 0 Å². The average Bonchev–Trinajstić information content (AvgIpc) is 3.66. The van der Waals surface area contributed by atoms with E-state index in [9.17, 15) is 8.42 Å². The van der Waals surface area contributed by atoms with Crippen LogP contribution in [0, 0.1) is 6.92 Å². The van der Waals surface area contributed by atoms with E-state index < -0.39 is 15.7 Å². The molecule has 0 N–H and O–H groups in total. The van der Waals surface area contributed by atoms with Gasteiger partial charge in [-0.15, -0.1) is 0 Å². The molecule has 0 radical (unpaired) electrons. The maximum atomic E-state index is 12.7. The lowest BCUT2D eigenvalue weighted by Gasteiger charge is -2.24. The Morgan fingerprint density at radius 2 is 1.45 bits per heavy atom. The maximum Gasteiger partial charge on any atom is 0.299 e. The van der Waals surface area contributed by atoms with Crippen LogP contribution in [-0.2, 0) is 28.5 Å². The standard InChI is InChI=1S/C35H59NO6S2/c1-3-4-5-6-7-8-9-10-11-12-13-14-17-20-34-40-30-32(41-34)29-39-27-19-16-15-18-25-36-26-28-43-35(36)42-44(37,38)33-23-21-31(2)22-24-33/h21-24,26,28,32,34-35H,3-20,25,27,29-30H2,1-2H3. The van der Waals surface area contributed by atoms with Crippen LogP contribution >= 0.6 is 11.8 Å². The third kappa shape index (κ3) is 15.5. The van der Waals surface area contributed by atoms with E-state index in [1.807, 2.05) is 23.4 Å². The van der Waals surface area contributed by atoms with Gasteiger partial charge in [0.25, 0.3) is 10.1 Å². The van der Waals surface area contributed by atoms with Crippen molar-refractivity contribution >= 4 is 21.9 Å². The predicted molar refractivity (Wildman–Crippen MR) is 181 cm³/mol. The molecule has 0 spiro atoms. The molecule has 7 nitrogen and oxygen atoms in total. The van der Waals surface area contributed by atoms with Crippen molar-refractivity contribution in [2.75, 3.05) is 26.4 Å². The second-order valence-corrected chi connectivity index (χ2v) is 14.9. The van der Waals surface area contributed by atoms with Crippen molar-refractivity contribution in [3.05, 3.63) is 41.4 Å². The summed E-state index contributed by atoms with van der Waals surface area (Å²) in [6.45, 7) is 6.92. The summed E-state index contributed by atoms with van der Waals surface area (Å²) >= 11 is 1.38. The van der Waals surface area contributed by atoms with E-state index in [-0.39, 0.29) is 17.3 Å². The molecule has 3 rings (SSSR count). The fourth-order valence-electron chi connectivity index (χ4n) is 5.60. The Morgan fingerprint density at radius 1 is 0.841 bits per heavy atom. The summed E-state index contributed by atoms with van der Waals surface area (Å²) in [4.78, 5) is 2.15. The van der Waals surface area contributed by atoms with Crippen LogP contribution in [0.25, 0.3) is 0 Å². The molecule has 9 heteroatoms. The van der Waals surface area contributed by atoms with Gasteiger partial charge in [-0.25, -0.2) is 4.18 Å². The summed E-state index contributed by atoms with van der Waals surface area (Å²) in [5.41, 5.74) is 0.462. The molecule has 0 aliphatic carbocycles. The zero-order valence-corrected chi connectivity index (χ0v) is 29.1. The quantitative estimate of drug-likeness (QED) is 0.0724. The number of aryl methyl sites for hydroxylation is 1. The number of unbranched alkanes of at least 4 members (excludes halogenated alkanes) is 15. The number of ether oxygens (including phenoxy) is 3. The summed E-state index contributed by atoms with van der Waals surface area (Å²) in [6.07, 6.45) is 24.8. The average molecular weight is 654 g/mol. The first-order valence-corrected chi connectivity index (χ1v) is 19.8. The highest BCUT2D eigenvalue weighted by atomic mass is 32.2. The zero-order valence-electron chi connectivity index (χ0n) is 27.5. The lowest BCUT2D eigenvalue weighted by molar-refractivity contribution is -0.0761. The van der Waals surface area contributed by atoms with Gasteiger partial charge in [-0.1, -0.05) is 126 Å². The van der Waals surface area contributed by atoms with Crippen LogP contribution in [0.3, 0.4) is 0 Å². The normalized spacial score (nSPS) is 20.2. The Hall–Kier alpha value is -1.10. The minimum absolute atomic E-state index is 0.0505. The molecular weight excluding hydrogens is 595 g/mol. The molecule has 1 fully saturated rings. The number of hydrogen-bond acceptors (Lipinski definition) is 8. The Morgan fingerprint density at radius 3 is 2.14 bits per heavy atom. The van der Waals surface area contributed by atoms with Gasteiger partial charge in [-0.3, -0.25) is 0 Å². The van der Waals surface area contributed by atoms with Gasteiger partial charge in [-0.2, -0.15) is 8.42 Å². The first-order chi connectivity index (χ1) is 21.5. The largest absolute Gasteiger partial charge is 0.379 e. The Labute approximate surface area is 272 Å². The van der Waals surface area contributed by atoms with Gasteiger partial charge in [0, 0.05) is 19.4 Å². The fourth-order valence-corrected chi connectivity index (χ4v) is 7.69. The van der Waals surface area contributed by atoms with Crippen LogP contribution in [-0.4, -0.2) is 57.6 Å². The van der Waals surface area contributed by atoms with Crippen molar-refractivity contribution in [2.45, 2.75) is 152 Å². The Bertz CT molecular complexity index is 1000. The van der Waals surface area contributed by atoms with Crippen LogP contribution in [0.2, 0.25) is 0 Å². The van der Waals surface area contributed by atoms with Crippen molar-refractivity contribution < 1.29 is 26.8 Å². The van der Waals surface area contributed by atoms with Gasteiger partial charge in [0.15, 0.2) is 6.29 Å². The molecule has 44 heavy (non-hydrogen) atoms. The Kier molecular flexibility index (Phi) is 19.0. The van der Waals surface area contributed by atoms with Crippen molar-refractivity contribution in [1.29, 1.82) is 0 Å². The van der Waals surface area contributed by atoms with E-state index in [1.54, 1.807) is 24.3 Å². The van der Waals surface area contributed by atoms with Crippen LogP contribution in [0.4, 0.5) is 0 Å². The SMILES string of the molecule is CCCCCCCCCCCCCCCC1OCC(COCCCCCCN2C=CSC2OS(=O)(=O)c2ccc(C)cc2)O1. The second-order valence-electron chi connectivity index (χ2n) is 12.4. The summed E-state index contributed by atoms with van der Waals surface area (Å²) < 4.78 is 48.6. The zero-order chi connectivity index (χ0) is 31.3. The van der Waals surface area contributed by atoms with Crippen LogP contribution in [0.5, 0.6) is 0 Å². The molecule has 2 aliphatic rings. The minimum atomic E-state index is -3.80. The monoisotopic (exact) mass is 653 g/mol. The molecule has 0 bridgehead atoms. The molecule has 0 amide bonds. The van der Waals surface area contributed by atoms with Gasteiger partial charge in [0.05, 0.1) is 18.1 Å². The van der Waals surface area contributed by atoms with Gasteiger partial charge in [0.2, 0.25) is 5.56 Å². The van der Waals surface area contributed by atoms with Gasteiger partial charge in [-0.05, 0) is 50.1 Å². The molecule has 1 aromatic rings. The van der Waals surface area contributed by atoms with E-state index in [0.717, 1.165) is 50.8 Å². The lowest BCUT2D eigenvalue weighted by Crippen LogP contribution is -2.30. The number of rotatable bonds is 26. The van der Waals surface area contributed by atoms with Gasteiger partial charge >= 0.3 is 0 Å². The molecule has 0 saturated carbocycles. The van der Waals surface area contributed by atoms with E-state index in [0.29, 0.717) is 13.2 Å². The van der Waals surface area contributed by atoms with E-state index >= 15 is 0 Å². The van der Waals surface area contributed by atoms with Crippen LogP contribution in [0.1, 0.15) is 128 Å². The third-order valence-corrected chi connectivity index (χ3v) is 10.6. The second kappa shape index (κ2) is 22.4. The van der Waals surface area contributed by atoms with Crippen molar-refractivity contribution in [2.24, 2.45) is 0 Å². The Balaban J connectivity index is 1.10. The summed E-state index contributed by atoms with van der Waals surface area (Å²) in [5.74, 6) is 0. The molecule has 0 aromatic heterocycles. The molecule has 2 heterocycles. The molecule has 3 atom stereocenters. The first-order valence-electron chi connectivity index (χ1n) is 17.4. The van der Waals surface area contributed by atoms with Crippen molar-refractivity contribution in [3.8, 4) is 0 Å². The number of thioether (sulfide) groups is 1. The van der Waals surface area contributed by atoms with E-state index in [1.165, 1.54) is 95.2 Å². The number of benzene rings is 1. The molecule has 2 aliphatic heterocycles. The topological polar surface area (TPSA) is 74.3 Å². The minimum Gasteiger partial charge on any atom is -0.379 e. The van der Waals surface area contributed by atoms with E-state index in [2.05, 4.69) is 6.92 Å². The van der Waals surface area contributed by atoms with Crippen LogP contribution in [0.15, 0.2) is 40.8 Å². The maximum absolute atomic E-state index is 12.7. The van der Waals surface area contributed by atoms with Gasteiger partial charge in [0.1, 0.15) is 6.10 Å². The smallest absolute Gasteiger partial charge is 0.299 e. The van der Waals surface area contributed by atoms with Gasteiger partial charge < -0.3 is 19.1 Å². The molecule has 1 aromatic carbocycles. The molecule has 3 unspecified atom stereocenters. The van der Waals surface area contributed by atoms with E-state index in [4.69, 9.17) is 18.4 Å². The summed E-state index contributed by atoms with van der Waals surface area (Å²) in [5, 5.41) is 1.89. The van der Waals surface area contributed by atoms with Crippen molar-refractivity contribution in [1.82, 2.24) is 4.90 Å². The summed E-state index contributed by atoms with van der Waals surface area (Å²) in [7, 11) is -3.80. The predicted octanol–water partition coefficient (Wildman–Crippen LogP) is 9.30. The first kappa shape index (κ1) is 37.4. The highest BCUT2D eigenvalue weighted by Gasteiger charge is 2.28. The molecular formula is C35H59NO6S2.